The number of benzene rings is 1. The molecule has 1 aromatic carbocycles. The van der Waals surface area contributed by atoms with E-state index in [9.17, 15) is 13.2 Å². The van der Waals surface area contributed by atoms with Gasteiger partial charge in [-0.05, 0) is 38.3 Å². The molecule has 1 saturated heterocycles. The van der Waals surface area contributed by atoms with Gasteiger partial charge in [-0.15, -0.1) is 0 Å². The molecule has 1 fully saturated rings. The second-order valence-corrected chi connectivity index (χ2v) is 11.8. The Morgan fingerprint density at radius 1 is 1.24 bits per heavy atom. The van der Waals surface area contributed by atoms with Crippen molar-refractivity contribution in [3.63, 3.8) is 0 Å². The van der Waals surface area contributed by atoms with Crippen molar-refractivity contribution in [2.75, 3.05) is 23.8 Å². The van der Waals surface area contributed by atoms with E-state index in [0.29, 0.717) is 18.1 Å². The number of hydrogen-bond donors (Lipinski definition) is 0. The molecule has 0 saturated carbocycles. The Morgan fingerprint density at radius 2 is 2.00 bits per heavy atom. The number of thioether (sulfide) groups is 1. The Balaban J connectivity index is 1.61. The van der Waals surface area contributed by atoms with Crippen LogP contribution in [0.25, 0.3) is 16.8 Å². The molecule has 0 bridgehead atoms. The van der Waals surface area contributed by atoms with Crippen molar-refractivity contribution < 1.29 is 13.2 Å². The summed E-state index contributed by atoms with van der Waals surface area (Å²) in [7, 11) is -3.06. The fraction of sp³-hybridized carbons (Fsp3) is 0.458. The summed E-state index contributed by atoms with van der Waals surface area (Å²) >= 11 is 1.36. The number of sulfone groups is 1. The number of fused-ring (bicyclic) bond motifs is 1. The lowest BCUT2D eigenvalue weighted by Crippen LogP contribution is -2.42. The molecule has 3 heterocycles. The molecule has 1 atom stereocenters. The summed E-state index contributed by atoms with van der Waals surface area (Å²) in [5.41, 5.74) is 4.74. The average molecular weight is 487 g/mol. The van der Waals surface area contributed by atoms with E-state index in [2.05, 4.69) is 12.0 Å². The van der Waals surface area contributed by atoms with Crippen molar-refractivity contribution >= 4 is 33.0 Å². The van der Waals surface area contributed by atoms with E-state index in [1.807, 2.05) is 54.8 Å². The fourth-order valence-electron chi connectivity index (χ4n) is 4.37. The van der Waals surface area contributed by atoms with Crippen LogP contribution in [0, 0.1) is 13.8 Å². The minimum Gasteiger partial charge on any atom is -0.338 e. The van der Waals surface area contributed by atoms with Crippen molar-refractivity contribution in [2.24, 2.45) is 0 Å². The Labute approximate surface area is 199 Å². The van der Waals surface area contributed by atoms with Crippen LogP contribution in [0.4, 0.5) is 0 Å². The van der Waals surface area contributed by atoms with E-state index in [0.717, 1.165) is 40.9 Å². The minimum absolute atomic E-state index is 0.0436. The van der Waals surface area contributed by atoms with Gasteiger partial charge in [-0.2, -0.15) is 5.10 Å². The zero-order valence-electron chi connectivity index (χ0n) is 19.3. The van der Waals surface area contributed by atoms with Crippen LogP contribution in [0.1, 0.15) is 37.4 Å². The van der Waals surface area contributed by atoms with E-state index in [4.69, 9.17) is 4.98 Å². The highest BCUT2D eigenvalue weighted by Gasteiger charge is 2.34. The molecule has 0 spiro atoms. The zero-order chi connectivity index (χ0) is 23.6. The molecule has 3 aromatic rings. The highest BCUT2D eigenvalue weighted by molar-refractivity contribution is 7.99. The Bertz CT molecular complexity index is 1260. The second-order valence-electron chi connectivity index (χ2n) is 8.62. The molecule has 176 valence electrons. The first-order chi connectivity index (χ1) is 15.8. The van der Waals surface area contributed by atoms with Gasteiger partial charge in [0.05, 0.1) is 34.2 Å². The number of carbonyl (C=O) groups excluding carboxylic acids is 1. The summed E-state index contributed by atoms with van der Waals surface area (Å²) in [6.07, 6.45) is 2.33. The van der Waals surface area contributed by atoms with E-state index >= 15 is 0 Å². The van der Waals surface area contributed by atoms with Gasteiger partial charge in [-0.3, -0.25) is 4.79 Å². The molecule has 33 heavy (non-hydrogen) atoms. The van der Waals surface area contributed by atoms with Gasteiger partial charge in [0.2, 0.25) is 5.91 Å². The number of nitrogens with zero attached hydrogens (tertiary/aromatic N) is 4. The van der Waals surface area contributed by atoms with Gasteiger partial charge in [0.1, 0.15) is 0 Å². The van der Waals surface area contributed by atoms with Crippen molar-refractivity contribution in [3.8, 4) is 11.3 Å². The number of aryl methyl sites for hydroxylation is 2. The van der Waals surface area contributed by atoms with Gasteiger partial charge in [-0.1, -0.05) is 55.4 Å². The van der Waals surface area contributed by atoms with Crippen LogP contribution >= 0.6 is 11.8 Å². The van der Waals surface area contributed by atoms with Gasteiger partial charge < -0.3 is 4.90 Å². The number of amides is 1. The van der Waals surface area contributed by atoms with Crippen LogP contribution in [-0.2, 0) is 14.6 Å². The van der Waals surface area contributed by atoms with Gasteiger partial charge >= 0.3 is 0 Å². The molecular formula is C24H30N4O3S2. The normalized spacial score (nSPS) is 17.5. The van der Waals surface area contributed by atoms with Crippen molar-refractivity contribution in [2.45, 2.75) is 51.2 Å². The second kappa shape index (κ2) is 9.85. The Kier molecular flexibility index (Phi) is 7.09. The molecule has 0 radical (unpaired) electrons. The maximum Gasteiger partial charge on any atom is 0.233 e. The molecule has 1 aliphatic rings. The lowest BCUT2D eigenvalue weighted by molar-refractivity contribution is -0.130. The van der Waals surface area contributed by atoms with Crippen LogP contribution in [-0.4, -0.2) is 63.7 Å². The zero-order valence-corrected chi connectivity index (χ0v) is 21.0. The molecule has 1 unspecified atom stereocenters. The lowest BCUT2D eigenvalue weighted by Gasteiger charge is -2.28. The third-order valence-electron chi connectivity index (χ3n) is 5.98. The summed E-state index contributed by atoms with van der Waals surface area (Å²) in [4.78, 5) is 19.9. The van der Waals surface area contributed by atoms with E-state index in [-0.39, 0.29) is 29.2 Å². The fourth-order valence-corrected chi connectivity index (χ4v) is 6.93. The largest absolute Gasteiger partial charge is 0.338 e. The van der Waals surface area contributed by atoms with Crippen LogP contribution in [0.2, 0.25) is 0 Å². The van der Waals surface area contributed by atoms with E-state index in [1.165, 1.54) is 11.8 Å². The van der Waals surface area contributed by atoms with E-state index < -0.39 is 9.84 Å². The lowest BCUT2D eigenvalue weighted by atomic mass is 10.1. The predicted octanol–water partition coefficient (Wildman–Crippen LogP) is 3.92. The number of rotatable bonds is 8. The van der Waals surface area contributed by atoms with Gasteiger partial charge in [0, 0.05) is 18.2 Å². The molecule has 1 amide bonds. The third kappa shape index (κ3) is 5.24. The Morgan fingerprint density at radius 3 is 2.67 bits per heavy atom. The summed E-state index contributed by atoms with van der Waals surface area (Å²) in [5.74, 6) is 0.381. The van der Waals surface area contributed by atoms with Crippen LogP contribution < -0.4 is 0 Å². The predicted molar refractivity (Wildman–Crippen MR) is 132 cm³/mol. The molecule has 2 aromatic heterocycles. The first-order valence-corrected chi connectivity index (χ1v) is 14.1. The number of aromatic nitrogens is 3. The molecule has 0 aliphatic carbocycles. The summed E-state index contributed by atoms with van der Waals surface area (Å²) < 4.78 is 25.8. The van der Waals surface area contributed by atoms with Gasteiger partial charge in [0.25, 0.3) is 0 Å². The molecule has 1 aliphatic heterocycles. The van der Waals surface area contributed by atoms with E-state index in [1.54, 1.807) is 4.90 Å². The Hall–Kier alpha value is -2.39. The standard InChI is InChI=1S/C24H30N4O3S2/c1-4-5-12-27(20-11-13-33(30,31)16-20)21(29)15-32-24-25-22(19-9-7-6-8-10-19)23-17(2)14-18(3)26-28(23)24/h6-10,14,20H,4-5,11-13,15-16H2,1-3H3. The molecule has 0 N–H and O–H groups in total. The maximum absolute atomic E-state index is 13.2. The average Bonchev–Trinajstić information content (AvgIpc) is 3.33. The molecular weight excluding hydrogens is 456 g/mol. The van der Waals surface area contributed by atoms with Crippen molar-refractivity contribution in [3.05, 3.63) is 47.7 Å². The highest BCUT2D eigenvalue weighted by Crippen LogP contribution is 2.31. The third-order valence-corrected chi connectivity index (χ3v) is 8.64. The maximum atomic E-state index is 13.2. The minimum atomic E-state index is -3.06. The number of carbonyl (C=O) groups is 1. The number of hydrogen-bond acceptors (Lipinski definition) is 6. The van der Waals surface area contributed by atoms with Crippen molar-refractivity contribution in [1.29, 1.82) is 0 Å². The number of unbranched alkanes of at least 4 members (excludes halogenated alkanes) is 1. The SMILES string of the molecule is CCCCN(C(=O)CSc1nc(-c2ccccc2)c2c(C)cc(C)nn12)C1CCS(=O)(=O)C1. The number of imidazole rings is 1. The molecule has 9 heteroatoms. The summed E-state index contributed by atoms with van der Waals surface area (Å²) in [5, 5.41) is 5.35. The topological polar surface area (TPSA) is 84.6 Å². The molecule has 4 rings (SSSR count). The first kappa shape index (κ1) is 23.8. The highest BCUT2D eigenvalue weighted by atomic mass is 32.2. The van der Waals surface area contributed by atoms with Gasteiger partial charge in [0.15, 0.2) is 15.0 Å². The quantitative estimate of drug-likeness (QED) is 0.449. The summed E-state index contributed by atoms with van der Waals surface area (Å²) in [6, 6.07) is 11.8. The molecule has 7 nitrogen and oxygen atoms in total. The van der Waals surface area contributed by atoms with Gasteiger partial charge in [-0.25, -0.2) is 17.9 Å². The van der Waals surface area contributed by atoms with Crippen LogP contribution in [0.5, 0.6) is 0 Å². The monoisotopic (exact) mass is 486 g/mol. The van der Waals surface area contributed by atoms with Crippen molar-refractivity contribution in [1.82, 2.24) is 19.5 Å². The van der Waals surface area contributed by atoms with Crippen LogP contribution in [0.3, 0.4) is 0 Å². The smallest absolute Gasteiger partial charge is 0.233 e. The first-order valence-electron chi connectivity index (χ1n) is 11.3. The van der Waals surface area contributed by atoms with Crippen LogP contribution in [0.15, 0.2) is 41.6 Å². The summed E-state index contributed by atoms with van der Waals surface area (Å²) in [6.45, 7) is 6.65.